The number of aryl methyl sites for hydroxylation is 2. The van der Waals surface area contributed by atoms with E-state index in [-0.39, 0.29) is 5.91 Å². The molecule has 0 aliphatic carbocycles. The molecular weight excluding hydrogens is 278 g/mol. The van der Waals surface area contributed by atoms with Crippen LogP contribution in [0.1, 0.15) is 40.1 Å². The standard InChI is InChI=1S/C17H21N3O2/c1-11-16(12(2)22-20-11)5-6-17(21)19-8-13-3-4-14-9-18-10-15(14)7-13/h3-4,7,18H,5-6,8-10H2,1-2H3,(H,19,21). The summed E-state index contributed by atoms with van der Waals surface area (Å²) in [5.74, 6) is 0.857. The number of carbonyl (C=O) groups is 1. The number of benzene rings is 1. The van der Waals surface area contributed by atoms with Crippen molar-refractivity contribution in [1.29, 1.82) is 0 Å². The predicted octanol–water partition coefficient (Wildman–Crippen LogP) is 2.14. The number of hydrogen-bond donors (Lipinski definition) is 2. The van der Waals surface area contributed by atoms with Crippen molar-refractivity contribution in [2.75, 3.05) is 0 Å². The van der Waals surface area contributed by atoms with E-state index in [0.29, 0.717) is 19.4 Å². The highest BCUT2D eigenvalue weighted by atomic mass is 16.5. The van der Waals surface area contributed by atoms with Crippen molar-refractivity contribution >= 4 is 5.91 Å². The number of nitrogens with zero attached hydrogens (tertiary/aromatic N) is 1. The van der Waals surface area contributed by atoms with E-state index in [2.05, 4.69) is 34.0 Å². The Hall–Kier alpha value is -2.14. The molecule has 1 aromatic carbocycles. The van der Waals surface area contributed by atoms with Gasteiger partial charge in [-0.1, -0.05) is 23.4 Å². The quantitative estimate of drug-likeness (QED) is 0.887. The second-order valence-corrected chi connectivity index (χ2v) is 5.79. The molecule has 22 heavy (non-hydrogen) atoms. The van der Waals surface area contributed by atoms with Crippen LogP contribution in [0.5, 0.6) is 0 Å². The number of amides is 1. The molecule has 1 aliphatic rings. The van der Waals surface area contributed by atoms with Gasteiger partial charge in [-0.25, -0.2) is 0 Å². The maximum atomic E-state index is 12.0. The van der Waals surface area contributed by atoms with Gasteiger partial charge in [0.1, 0.15) is 5.76 Å². The lowest BCUT2D eigenvalue weighted by molar-refractivity contribution is -0.121. The first-order chi connectivity index (χ1) is 10.6. The molecule has 0 bridgehead atoms. The Kier molecular flexibility index (Phi) is 4.24. The molecular formula is C17H21N3O2. The van der Waals surface area contributed by atoms with E-state index >= 15 is 0 Å². The van der Waals surface area contributed by atoms with Crippen LogP contribution in [0, 0.1) is 13.8 Å². The molecule has 2 N–H and O–H groups in total. The molecule has 0 unspecified atom stereocenters. The van der Waals surface area contributed by atoms with Crippen LogP contribution in [-0.4, -0.2) is 11.1 Å². The van der Waals surface area contributed by atoms with E-state index in [0.717, 1.165) is 35.7 Å². The third-order valence-corrected chi connectivity index (χ3v) is 4.17. The third-order valence-electron chi connectivity index (χ3n) is 4.17. The van der Waals surface area contributed by atoms with Crippen molar-refractivity contribution in [3.05, 3.63) is 51.9 Å². The van der Waals surface area contributed by atoms with Gasteiger partial charge >= 0.3 is 0 Å². The van der Waals surface area contributed by atoms with Gasteiger partial charge in [0.2, 0.25) is 5.91 Å². The van der Waals surface area contributed by atoms with Crippen LogP contribution in [0.2, 0.25) is 0 Å². The van der Waals surface area contributed by atoms with Crippen LogP contribution < -0.4 is 10.6 Å². The molecule has 1 amide bonds. The molecule has 0 spiro atoms. The summed E-state index contributed by atoms with van der Waals surface area (Å²) in [7, 11) is 0. The number of nitrogens with one attached hydrogen (secondary N) is 2. The molecule has 0 saturated carbocycles. The van der Waals surface area contributed by atoms with Crippen LogP contribution in [0.3, 0.4) is 0 Å². The summed E-state index contributed by atoms with van der Waals surface area (Å²) in [6.07, 6.45) is 1.12. The monoisotopic (exact) mass is 299 g/mol. The molecule has 1 aromatic heterocycles. The number of hydrogen-bond acceptors (Lipinski definition) is 4. The van der Waals surface area contributed by atoms with E-state index < -0.39 is 0 Å². The molecule has 3 rings (SSSR count). The van der Waals surface area contributed by atoms with Gasteiger partial charge in [-0.05, 0) is 37.0 Å². The molecule has 0 radical (unpaired) electrons. The fraction of sp³-hybridized carbons (Fsp3) is 0.412. The first-order valence-electron chi connectivity index (χ1n) is 7.63. The molecule has 116 valence electrons. The van der Waals surface area contributed by atoms with Crippen molar-refractivity contribution in [3.63, 3.8) is 0 Å². The van der Waals surface area contributed by atoms with Gasteiger partial charge in [-0.2, -0.15) is 0 Å². The summed E-state index contributed by atoms with van der Waals surface area (Å²) >= 11 is 0. The van der Waals surface area contributed by atoms with Gasteiger partial charge in [0.05, 0.1) is 5.69 Å². The van der Waals surface area contributed by atoms with E-state index in [4.69, 9.17) is 4.52 Å². The molecule has 5 heteroatoms. The Labute approximate surface area is 130 Å². The summed E-state index contributed by atoms with van der Waals surface area (Å²) in [6.45, 7) is 6.23. The lowest BCUT2D eigenvalue weighted by Gasteiger charge is -2.07. The highest BCUT2D eigenvalue weighted by Crippen LogP contribution is 2.17. The average Bonchev–Trinajstić information content (AvgIpc) is 3.10. The maximum Gasteiger partial charge on any atom is 0.220 e. The molecule has 5 nitrogen and oxygen atoms in total. The van der Waals surface area contributed by atoms with E-state index in [1.165, 1.54) is 11.1 Å². The van der Waals surface area contributed by atoms with E-state index in [9.17, 15) is 4.79 Å². The van der Waals surface area contributed by atoms with Crippen molar-refractivity contribution in [2.45, 2.75) is 46.3 Å². The summed E-state index contributed by atoms with van der Waals surface area (Å²) < 4.78 is 5.11. The Balaban J connectivity index is 1.50. The SMILES string of the molecule is Cc1noc(C)c1CCC(=O)NCc1ccc2c(c1)CNC2. The fourth-order valence-electron chi connectivity index (χ4n) is 2.84. The second kappa shape index (κ2) is 6.32. The Morgan fingerprint density at radius 1 is 1.32 bits per heavy atom. The lowest BCUT2D eigenvalue weighted by atomic mass is 10.1. The number of rotatable bonds is 5. The predicted molar refractivity (Wildman–Crippen MR) is 83.1 cm³/mol. The number of aromatic nitrogens is 1. The molecule has 2 aromatic rings. The van der Waals surface area contributed by atoms with Gasteiger partial charge in [0.15, 0.2) is 0 Å². The van der Waals surface area contributed by atoms with Crippen molar-refractivity contribution in [1.82, 2.24) is 15.8 Å². The zero-order valence-corrected chi connectivity index (χ0v) is 13.0. The Morgan fingerprint density at radius 2 is 2.14 bits per heavy atom. The molecule has 1 aliphatic heterocycles. The topological polar surface area (TPSA) is 67.2 Å². The maximum absolute atomic E-state index is 12.0. The van der Waals surface area contributed by atoms with Crippen LogP contribution in [0.15, 0.2) is 22.7 Å². The highest BCUT2D eigenvalue weighted by molar-refractivity contribution is 5.76. The van der Waals surface area contributed by atoms with E-state index in [1.54, 1.807) is 0 Å². The Bertz CT molecular complexity index is 672. The van der Waals surface area contributed by atoms with E-state index in [1.807, 2.05) is 13.8 Å². The minimum Gasteiger partial charge on any atom is -0.361 e. The van der Waals surface area contributed by atoms with Gasteiger partial charge in [-0.15, -0.1) is 0 Å². The van der Waals surface area contributed by atoms with Gasteiger partial charge in [0.25, 0.3) is 0 Å². The van der Waals surface area contributed by atoms with Gasteiger partial charge < -0.3 is 15.2 Å². The average molecular weight is 299 g/mol. The number of fused-ring (bicyclic) bond motifs is 1. The zero-order chi connectivity index (χ0) is 15.5. The Morgan fingerprint density at radius 3 is 2.91 bits per heavy atom. The fourth-order valence-corrected chi connectivity index (χ4v) is 2.84. The van der Waals surface area contributed by atoms with Crippen LogP contribution >= 0.6 is 0 Å². The van der Waals surface area contributed by atoms with Crippen molar-refractivity contribution in [3.8, 4) is 0 Å². The first kappa shape index (κ1) is 14.8. The first-order valence-corrected chi connectivity index (χ1v) is 7.63. The molecule has 2 heterocycles. The minimum absolute atomic E-state index is 0.0543. The third kappa shape index (κ3) is 3.20. The second-order valence-electron chi connectivity index (χ2n) is 5.79. The zero-order valence-electron chi connectivity index (χ0n) is 13.0. The summed E-state index contributed by atoms with van der Waals surface area (Å²) in [4.78, 5) is 12.0. The number of carbonyl (C=O) groups excluding carboxylic acids is 1. The minimum atomic E-state index is 0.0543. The van der Waals surface area contributed by atoms with Gasteiger partial charge in [0, 0.05) is 31.6 Å². The van der Waals surface area contributed by atoms with Crippen molar-refractivity contribution in [2.24, 2.45) is 0 Å². The van der Waals surface area contributed by atoms with Gasteiger partial charge in [-0.3, -0.25) is 4.79 Å². The highest BCUT2D eigenvalue weighted by Gasteiger charge is 2.12. The summed E-state index contributed by atoms with van der Waals surface area (Å²) in [5, 5.41) is 10.2. The van der Waals surface area contributed by atoms with Crippen LogP contribution in [0.25, 0.3) is 0 Å². The largest absolute Gasteiger partial charge is 0.361 e. The molecule has 0 saturated heterocycles. The normalized spacial score (nSPS) is 13.2. The molecule has 0 fully saturated rings. The van der Waals surface area contributed by atoms with Crippen molar-refractivity contribution < 1.29 is 9.32 Å². The summed E-state index contributed by atoms with van der Waals surface area (Å²) in [5.41, 5.74) is 5.75. The lowest BCUT2D eigenvalue weighted by Crippen LogP contribution is -2.23. The van der Waals surface area contributed by atoms with Crippen LogP contribution in [-0.2, 0) is 30.8 Å². The smallest absolute Gasteiger partial charge is 0.220 e. The summed E-state index contributed by atoms with van der Waals surface area (Å²) in [6, 6.07) is 6.39. The molecule has 0 atom stereocenters. The van der Waals surface area contributed by atoms with Crippen LogP contribution in [0.4, 0.5) is 0 Å².